The number of carboxylic acid groups (broad SMARTS) is 1. The van der Waals surface area contributed by atoms with Crippen LogP contribution in [0.2, 0.25) is 0 Å². The second kappa shape index (κ2) is 9.11. The molecule has 2 aromatic heterocycles. The maximum absolute atomic E-state index is 11.1. The number of rotatable bonds is 7. The molecule has 0 aliphatic carbocycles. The molecule has 0 aliphatic rings. The third kappa shape index (κ3) is 4.61. The lowest BCUT2D eigenvalue weighted by Gasteiger charge is -2.06. The molecule has 0 amide bonds. The van der Waals surface area contributed by atoms with Crippen molar-refractivity contribution in [1.29, 1.82) is 0 Å². The standard InChI is InChI=1S/C28H22N2O4/c1-19-6-10-22(11-7-19)33-23-12-8-21(9-13-23)29-16-20-17-30(26-5-3-2-4-25(20)26)18-24-14-15-27(34-24)28(31)32/h2-17H,18H2,1H3,(H,31,32). The zero-order chi connectivity index (χ0) is 23.5. The summed E-state index contributed by atoms with van der Waals surface area (Å²) in [6.07, 6.45) is 3.82. The number of benzene rings is 3. The van der Waals surface area contributed by atoms with Gasteiger partial charge < -0.3 is 18.8 Å². The topological polar surface area (TPSA) is 77.0 Å². The minimum absolute atomic E-state index is 0.0666. The van der Waals surface area contributed by atoms with Crippen LogP contribution in [0.15, 0.2) is 101 Å². The Balaban J connectivity index is 1.35. The maximum Gasteiger partial charge on any atom is 0.371 e. The normalized spacial score (nSPS) is 11.3. The molecule has 0 atom stereocenters. The summed E-state index contributed by atoms with van der Waals surface area (Å²) < 4.78 is 13.3. The molecule has 0 unspecified atom stereocenters. The van der Waals surface area contributed by atoms with Gasteiger partial charge >= 0.3 is 5.97 Å². The fraction of sp³-hybridized carbons (Fsp3) is 0.0714. The third-order valence-corrected chi connectivity index (χ3v) is 5.46. The van der Waals surface area contributed by atoms with Gasteiger partial charge in [0.25, 0.3) is 0 Å². The van der Waals surface area contributed by atoms with Gasteiger partial charge in [-0.2, -0.15) is 0 Å². The minimum Gasteiger partial charge on any atom is -0.475 e. The molecule has 6 heteroatoms. The van der Waals surface area contributed by atoms with Crippen molar-refractivity contribution in [1.82, 2.24) is 4.57 Å². The van der Waals surface area contributed by atoms with Gasteiger partial charge in [0.2, 0.25) is 5.76 Å². The number of aromatic carboxylic acids is 1. The van der Waals surface area contributed by atoms with Crippen molar-refractivity contribution in [3.63, 3.8) is 0 Å². The van der Waals surface area contributed by atoms with E-state index in [1.165, 1.54) is 11.6 Å². The SMILES string of the molecule is Cc1ccc(Oc2ccc(N=Cc3cn(Cc4ccc(C(=O)O)o4)c4ccccc34)cc2)cc1. The average Bonchev–Trinajstić information content (AvgIpc) is 3.46. The van der Waals surface area contributed by atoms with E-state index < -0.39 is 5.97 Å². The summed E-state index contributed by atoms with van der Waals surface area (Å²) in [7, 11) is 0. The summed E-state index contributed by atoms with van der Waals surface area (Å²) in [4.78, 5) is 15.7. The highest BCUT2D eigenvalue weighted by atomic mass is 16.5. The van der Waals surface area contributed by atoms with E-state index in [0.29, 0.717) is 12.3 Å². The van der Waals surface area contributed by atoms with E-state index in [2.05, 4.69) is 4.99 Å². The van der Waals surface area contributed by atoms with Crippen molar-refractivity contribution in [3.8, 4) is 11.5 Å². The van der Waals surface area contributed by atoms with E-state index >= 15 is 0 Å². The number of para-hydroxylation sites is 1. The monoisotopic (exact) mass is 450 g/mol. The molecule has 2 heterocycles. The Labute approximate surface area is 196 Å². The fourth-order valence-corrected chi connectivity index (χ4v) is 3.74. The van der Waals surface area contributed by atoms with Gasteiger partial charge in [0.05, 0.1) is 12.2 Å². The van der Waals surface area contributed by atoms with Crippen molar-refractivity contribution in [3.05, 3.63) is 114 Å². The Morgan fingerprint density at radius 3 is 2.38 bits per heavy atom. The Hall–Kier alpha value is -4.58. The van der Waals surface area contributed by atoms with Crippen LogP contribution in [0, 0.1) is 6.92 Å². The first-order valence-electron chi connectivity index (χ1n) is 10.8. The molecule has 0 saturated carbocycles. The van der Waals surface area contributed by atoms with Crippen LogP contribution in [0.3, 0.4) is 0 Å². The van der Waals surface area contributed by atoms with Crippen LogP contribution in [-0.4, -0.2) is 21.9 Å². The molecule has 0 spiro atoms. The van der Waals surface area contributed by atoms with Gasteiger partial charge in [-0.3, -0.25) is 4.99 Å². The Morgan fingerprint density at radius 2 is 1.68 bits per heavy atom. The smallest absolute Gasteiger partial charge is 0.371 e. The first-order chi connectivity index (χ1) is 16.5. The van der Waals surface area contributed by atoms with E-state index in [0.717, 1.165) is 33.7 Å². The molecular formula is C28H22N2O4. The maximum atomic E-state index is 11.1. The predicted molar refractivity (Wildman–Crippen MR) is 132 cm³/mol. The number of nitrogens with zero attached hydrogens (tertiary/aromatic N) is 2. The van der Waals surface area contributed by atoms with Gasteiger partial charge in [0, 0.05) is 28.9 Å². The third-order valence-electron chi connectivity index (χ3n) is 5.46. The van der Waals surface area contributed by atoms with Crippen molar-refractivity contribution in [2.45, 2.75) is 13.5 Å². The van der Waals surface area contributed by atoms with Crippen molar-refractivity contribution in [2.24, 2.45) is 4.99 Å². The number of hydrogen-bond donors (Lipinski definition) is 1. The summed E-state index contributed by atoms with van der Waals surface area (Å²) >= 11 is 0. The molecular weight excluding hydrogens is 428 g/mol. The zero-order valence-corrected chi connectivity index (χ0v) is 18.5. The lowest BCUT2D eigenvalue weighted by molar-refractivity contribution is 0.0660. The fourth-order valence-electron chi connectivity index (χ4n) is 3.74. The van der Waals surface area contributed by atoms with Gasteiger partial charge in [0.15, 0.2) is 0 Å². The highest BCUT2D eigenvalue weighted by Gasteiger charge is 2.12. The number of carboxylic acids is 1. The number of aromatic nitrogens is 1. The molecule has 3 aromatic carbocycles. The quantitative estimate of drug-likeness (QED) is 0.276. The molecule has 168 valence electrons. The number of carbonyl (C=O) groups is 1. The highest BCUT2D eigenvalue weighted by Crippen LogP contribution is 2.26. The number of aliphatic imine (C=N–C) groups is 1. The van der Waals surface area contributed by atoms with Gasteiger partial charge in [-0.25, -0.2) is 4.79 Å². The molecule has 0 bridgehead atoms. The molecule has 0 radical (unpaired) electrons. The number of aryl methyl sites for hydroxylation is 1. The minimum atomic E-state index is -1.08. The van der Waals surface area contributed by atoms with Crippen molar-refractivity contribution >= 4 is 28.8 Å². The van der Waals surface area contributed by atoms with E-state index in [-0.39, 0.29) is 5.76 Å². The Morgan fingerprint density at radius 1 is 0.971 bits per heavy atom. The molecule has 0 aliphatic heterocycles. The molecule has 0 fully saturated rings. The molecule has 5 rings (SSSR count). The van der Waals surface area contributed by atoms with E-state index in [1.54, 1.807) is 6.07 Å². The van der Waals surface area contributed by atoms with Crippen molar-refractivity contribution < 1.29 is 19.1 Å². The van der Waals surface area contributed by atoms with Crippen LogP contribution in [0.1, 0.15) is 27.4 Å². The predicted octanol–water partition coefficient (Wildman–Crippen LogP) is 6.83. The van der Waals surface area contributed by atoms with Crippen LogP contribution in [0.25, 0.3) is 10.9 Å². The second-order valence-corrected chi connectivity index (χ2v) is 7.97. The zero-order valence-electron chi connectivity index (χ0n) is 18.5. The number of fused-ring (bicyclic) bond motifs is 1. The molecule has 0 saturated heterocycles. The summed E-state index contributed by atoms with van der Waals surface area (Å²) in [6.45, 7) is 2.47. The van der Waals surface area contributed by atoms with Gasteiger partial charge in [-0.1, -0.05) is 35.9 Å². The lowest BCUT2D eigenvalue weighted by atomic mass is 10.2. The van der Waals surface area contributed by atoms with E-state index in [1.807, 2.05) is 96.7 Å². The second-order valence-electron chi connectivity index (χ2n) is 7.97. The van der Waals surface area contributed by atoms with Crippen LogP contribution in [0.5, 0.6) is 11.5 Å². The highest BCUT2D eigenvalue weighted by molar-refractivity contribution is 6.00. The van der Waals surface area contributed by atoms with Crippen molar-refractivity contribution in [2.75, 3.05) is 0 Å². The molecule has 1 N–H and O–H groups in total. The first-order valence-corrected chi connectivity index (χ1v) is 10.8. The summed E-state index contributed by atoms with van der Waals surface area (Å²) in [5, 5.41) is 10.1. The summed E-state index contributed by atoms with van der Waals surface area (Å²) in [5.41, 5.74) is 3.97. The van der Waals surface area contributed by atoms with Gasteiger partial charge in [-0.15, -0.1) is 0 Å². The van der Waals surface area contributed by atoms with Gasteiger partial charge in [-0.05, 0) is 61.5 Å². The van der Waals surface area contributed by atoms with Crippen LogP contribution in [0.4, 0.5) is 5.69 Å². The van der Waals surface area contributed by atoms with Gasteiger partial charge in [0.1, 0.15) is 17.3 Å². The van der Waals surface area contributed by atoms with Crippen LogP contribution in [-0.2, 0) is 6.54 Å². The number of hydrogen-bond acceptors (Lipinski definition) is 4. The molecule has 6 nitrogen and oxygen atoms in total. The summed E-state index contributed by atoms with van der Waals surface area (Å²) in [5.74, 6) is 0.973. The largest absolute Gasteiger partial charge is 0.475 e. The Kier molecular flexibility index (Phi) is 5.70. The first kappa shape index (κ1) is 21.3. The van der Waals surface area contributed by atoms with E-state index in [4.69, 9.17) is 14.3 Å². The average molecular weight is 450 g/mol. The molecule has 34 heavy (non-hydrogen) atoms. The Bertz CT molecular complexity index is 1480. The van der Waals surface area contributed by atoms with Crippen LogP contribution < -0.4 is 4.74 Å². The molecule has 5 aromatic rings. The lowest BCUT2D eigenvalue weighted by Crippen LogP contribution is -1.97. The van der Waals surface area contributed by atoms with E-state index in [9.17, 15) is 4.79 Å². The summed E-state index contributed by atoms with van der Waals surface area (Å²) in [6, 6.07) is 26.7. The number of furan rings is 1. The van der Waals surface area contributed by atoms with Crippen LogP contribution >= 0.6 is 0 Å². The number of ether oxygens (including phenoxy) is 1.